The largest absolute Gasteiger partial charge is 0.495 e. The molecular formula is C81H85ClN4O19. The van der Waals surface area contributed by atoms with Crippen molar-refractivity contribution in [3.8, 4) is 17.2 Å². The topological polar surface area (TPSA) is 314 Å². The summed E-state index contributed by atoms with van der Waals surface area (Å²) in [5.74, 6) is -5.05. The molecule has 3 fully saturated rings. The second-order valence-electron chi connectivity index (χ2n) is 27.8. The number of aliphatic hydroxyl groups excluding tert-OH is 2. The second kappa shape index (κ2) is 30.8. The van der Waals surface area contributed by atoms with Crippen LogP contribution < -0.4 is 30.3 Å². The molecule has 0 spiro atoms. The van der Waals surface area contributed by atoms with Crippen LogP contribution in [0.4, 0.5) is 5.69 Å². The molecule has 13 rings (SSSR count). The molecule has 24 heteroatoms. The van der Waals surface area contributed by atoms with Gasteiger partial charge in [-0.3, -0.25) is 33.7 Å². The number of benzene rings is 7. The molecule has 2 amide bonds. The Morgan fingerprint density at radius 2 is 1.31 bits per heavy atom. The number of anilines is 1. The van der Waals surface area contributed by atoms with Crippen LogP contribution in [0.2, 0.25) is 0 Å². The zero-order chi connectivity index (χ0) is 74.2. The number of rotatable bonds is 18. The maximum atomic E-state index is 15.5. The lowest BCUT2D eigenvalue weighted by molar-refractivity contribution is -0.346. The lowest BCUT2D eigenvalue weighted by Crippen LogP contribution is -2.82. The molecule has 1 aromatic heterocycles. The number of H-pyrrole nitrogens is 1. The number of hydrogen-bond donors (Lipinski definition) is 6. The van der Waals surface area contributed by atoms with Gasteiger partial charge in [0.05, 0.1) is 73.6 Å². The van der Waals surface area contributed by atoms with Crippen LogP contribution in [0.1, 0.15) is 114 Å². The predicted octanol–water partition coefficient (Wildman–Crippen LogP) is 9.72. The fourth-order valence-electron chi connectivity index (χ4n) is 15.9. The minimum absolute atomic E-state index is 0. The van der Waals surface area contributed by atoms with Crippen molar-refractivity contribution in [2.24, 2.45) is 16.7 Å². The number of pyridine rings is 1. The van der Waals surface area contributed by atoms with E-state index >= 15 is 4.79 Å². The van der Waals surface area contributed by atoms with Gasteiger partial charge in [-0.2, -0.15) is 0 Å². The number of aromatic nitrogens is 1. The number of hydrogen-bond acceptors (Lipinski definition) is 20. The highest BCUT2D eigenvalue weighted by Gasteiger charge is 2.78. The van der Waals surface area contributed by atoms with Crippen LogP contribution in [0.25, 0.3) is 21.8 Å². The highest BCUT2D eigenvalue weighted by molar-refractivity contribution is 6.13. The van der Waals surface area contributed by atoms with E-state index in [1.165, 1.54) is 42.7 Å². The summed E-state index contributed by atoms with van der Waals surface area (Å²) in [5, 5.41) is 44.2. The number of esters is 4. The van der Waals surface area contributed by atoms with Crippen molar-refractivity contribution in [2.45, 2.75) is 128 Å². The average molecular weight is 1450 g/mol. The lowest BCUT2D eigenvalue weighted by atomic mass is 9.44. The van der Waals surface area contributed by atoms with Crippen molar-refractivity contribution in [3.05, 3.63) is 224 Å². The first-order chi connectivity index (χ1) is 49.8. The summed E-state index contributed by atoms with van der Waals surface area (Å²) in [6, 6.07) is 45.5. The number of carbonyl (C=O) groups excluding carboxylic acids is 7. The van der Waals surface area contributed by atoms with Gasteiger partial charge in [0.2, 0.25) is 0 Å². The van der Waals surface area contributed by atoms with Crippen molar-refractivity contribution < 1.29 is 86.8 Å². The van der Waals surface area contributed by atoms with Gasteiger partial charge in [0.15, 0.2) is 40.5 Å². The summed E-state index contributed by atoms with van der Waals surface area (Å²) < 4.78 is 46.7. The molecule has 5 aliphatic rings. The van der Waals surface area contributed by atoms with Gasteiger partial charge in [0, 0.05) is 73.8 Å². The van der Waals surface area contributed by atoms with Gasteiger partial charge in [-0.05, 0) is 133 Å². The van der Waals surface area contributed by atoms with Crippen molar-refractivity contribution in [1.82, 2.24) is 15.2 Å². The predicted molar refractivity (Wildman–Crippen MR) is 390 cm³/mol. The number of amides is 2. The van der Waals surface area contributed by atoms with Crippen LogP contribution in [0.15, 0.2) is 180 Å². The number of methoxy groups -OCH3 is 3. The van der Waals surface area contributed by atoms with E-state index in [2.05, 4.69) is 32.7 Å². The van der Waals surface area contributed by atoms with Gasteiger partial charge in [-0.25, -0.2) is 9.59 Å². The number of fused-ring (bicyclic) bond motifs is 8. The standard InChI is InChI=1S/C47H51NO14.C34H33N3O5.ClH/c1-25-31(60-43(56)36(52)35(28-16-10-7-11-17-28)48-41(54)29-18-12-8-13-19-29)23-47(57)40(61-42(55)30-20-14-9-15-21-30)38-45(6,32(51)22-33-46(38,24-58-33)62-27(3)50)39(53)37(59-26(2)49)34(25)44(47,4)5;1-40-28-9-5-7-26-32(28)36-31-25(33(26)38)6-4-8-27(31)34(39)35-24-12-10-21(11-13-24)14-16-37-17-15-22-18-29(41-2)30(42-3)19-23(22)20-37;/h7-21,31-33,35-38,40,51-52,57H,22-24H2,1-6H3,(H,48,54);4-13,18-19H,14-17,20H2,1-3H3,(H,35,39)(H,36,38);1H/t31-,32-,33+,35-,36+,37+,38-,40-,45+,46-,47+;;/m0../s1. The summed E-state index contributed by atoms with van der Waals surface area (Å²) in [4.78, 5) is 116. The first-order valence-corrected chi connectivity index (χ1v) is 34.4. The highest BCUT2D eigenvalue weighted by Crippen LogP contribution is 2.64. The van der Waals surface area contributed by atoms with Crippen LogP contribution in [-0.4, -0.2) is 156 Å². The number of Topliss-reactive ketones (excluding diaryl/α,β-unsaturated/α-hetero) is 1. The Hall–Kier alpha value is -10.3. The Morgan fingerprint density at radius 1 is 0.705 bits per heavy atom. The normalized spacial score (nSPS) is 24.1. The zero-order valence-electron chi connectivity index (χ0n) is 59.6. The SMILES string of the molecule is CC(=O)O[C@H]1C(=O)[C@@]2(C)[C@H]([C@H](OC(=O)c3ccccc3)[C@]3(O)C[C@H](OC(=O)[C@H](O)[C@@H](NC(=O)c4ccccc4)c4ccccc4)C(C)=C1C3(C)C)[C@]1(OC(C)=O)CO[C@@H]1C[C@@H]2O.COc1cc2c(cc1OC)CN(CCc1ccc(NC(=O)c3cccc4c(=O)c5cccc(OC)c5[nH]c34)cc1)CC2.Cl. The van der Waals surface area contributed by atoms with E-state index in [1.54, 1.807) is 150 Å². The Balaban J connectivity index is 0.000000223. The number of ether oxygens (including phenoxy) is 8. The van der Waals surface area contributed by atoms with E-state index in [0.717, 1.165) is 57.8 Å². The van der Waals surface area contributed by atoms with Crippen molar-refractivity contribution in [3.63, 3.8) is 0 Å². The van der Waals surface area contributed by atoms with Gasteiger partial charge in [0.1, 0.15) is 29.7 Å². The number of nitrogens with one attached hydrogen (secondary N) is 3. The molecule has 105 heavy (non-hydrogen) atoms. The van der Waals surface area contributed by atoms with Crippen LogP contribution in [0, 0.1) is 16.7 Å². The van der Waals surface area contributed by atoms with Gasteiger partial charge in [0.25, 0.3) is 11.8 Å². The number of carbonyl (C=O) groups is 7. The van der Waals surface area contributed by atoms with Crippen LogP contribution in [0.3, 0.4) is 0 Å². The Kier molecular flexibility index (Phi) is 22.3. The number of halogens is 1. The monoisotopic (exact) mass is 1450 g/mol. The van der Waals surface area contributed by atoms with E-state index in [4.69, 9.17) is 37.9 Å². The molecule has 3 heterocycles. The number of ketones is 1. The molecule has 2 aliphatic heterocycles. The van der Waals surface area contributed by atoms with Crippen LogP contribution >= 0.6 is 12.4 Å². The van der Waals surface area contributed by atoms with E-state index in [0.29, 0.717) is 44.4 Å². The van der Waals surface area contributed by atoms with Crippen LogP contribution in [0.5, 0.6) is 17.2 Å². The molecule has 2 saturated carbocycles. The number of aliphatic hydroxyl groups is 3. The maximum Gasteiger partial charge on any atom is 0.338 e. The summed E-state index contributed by atoms with van der Waals surface area (Å²) in [6.45, 7) is 10.8. The first-order valence-electron chi connectivity index (χ1n) is 34.4. The summed E-state index contributed by atoms with van der Waals surface area (Å²) >= 11 is 0. The molecule has 0 unspecified atom stereocenters. The lowest BCUT2D eigenvalue weighted by Gasteiger charge is -2.67. The van der Waals surface area contributed by atoms with Gasteiger partial charge >= 0.3 is 23.9 Å². The Labute approximate surface area is 612 Å². The molecule has 23 nitrogen and oxygen atoms in total. The smallest absolute Gasteiger partial charge is 0.338 e. The minimum Gasteiger partial charge on any atom is -0.495 e. The quantitative estimate of drug-likeness (QED) is 0.0201. The molecule has 550 valence electrons. The first kappa shape index (κ1) is 75.9. The Bertz CT molecular complexity index is 4730. The van der Waals surface area contributed by atoms with Crippen molar-refractivity contribution >= 4 is 81.4 Å². The molecule has 3 aliphatic carbocycles. The summed E-state index contributed by atoms with van der Waals surface area (Å²) in [7, 11) is 4.89. The molecular weight excluding hydrogens is 1370 g/mol. The van der Waals surface area contributed by atoms with E-state index in [-0.39, 0.29) is 59.0 Å². The van der Waals surface area contributed by atoms with E-state index in [9.17, 15) is 48.9 Å². The third-order valence-electron chi connectivity index (χ3n) is 21.5. The number of aromatic amines is 1. The van der Waals surface area contributed by atoms with Crippen molar-refractivity contribution in [1.29, 1.82) is 0 Å². The van der Waals surface area contributed by atoms with E-state index < -0.39 is 113 Å². The minimum atomic E-state index is -2.39. The fraction of sp³-hybridized carbons (Fsp3) is 0.358. The number of para-hydroxylation sites is 2. The third kappa shape index (κ3) is 14.3. The van der Waals surface area contributed by atoms with Crippen LogP contribution in [-0.2, 0) is 62.2 Å². The molecule has 2 bridgehead atoms. The Morgan fingerprint density at radius 3 is 1.92 bits per heavy atom. The number of nitrogens with zero attached hydrogens (tertiary/aromatic N) is 1. The zero-order valence-corrected chi connectivity index (χ0v) is 60.4. The summed E-state index contributed by atoms with van der Waals surface area (Å²) in [5.41, 5.74) is -1.26. The van der Waals surface area contributed by atoms with Gasteiger partial charge in [-0.1, -0.05) is 105 Å². The molecule has 8 aromatic rings. The highest BCUT2D eigenvalue weighted by atomic mass is 35.5. The molecule has 7 aromatic carbocycles. The summed E-state index contributed by atoms with van der Waals surface area (Å²) in [6.07, 6.45) is -8.64. The molecule has 1 saturated heterocycles. The molecule has 11 atom stereocenters. The van der Waals surface area contributed by atoms with Crippen molar-refractivity contribution in [2.75, 3.05) is 46.3 Å². The maximum absolute atomic E-state index is 15.5. The average Bonchev–Trinajstić information content (AvgIpc) is 0.668. The van der Waals surface area contributed by atoms with E-state index in [1.807, 2.05) is 24.3 Å². The molecule has 6 N–H and O–H groups in total. The van der Waals surface area contributed by atoms with Gasteiger partial charge in [-0.15, -0.1) is 12.4 Å². The second-order valence-corrected chi connectivity index (χ2v) is 27.8. The molecule has 0 radical (unpaired) electrons. The van der Waals surface area contributed by atoms with Gasteiger partial charge < -0.3 is 68.8 Å². The third-order valence-corrected chi connectivity index (χ3v) is 21.5. The fourth-order valence-corrected chi connectivity index (χ4v) is 15.9.